The SMILES string of the molecule is CCOc1cc(-c2nc(N)nc(N)c2C#N)c(Br)cc1OCC(N)=O. The van der Waals surface area contributed by atoms with Gasteiger partial charge >= 0.3 is 0 Å². The Hall–Kier alpha value is -3.06. The smallest absolute Gasteiger partial charge is 0.255 e. The molecule has 2 rings (SSSR count). The molecule has 0 aliphatic rings. The largest absolute Gasteiger partial charge is 0.490 e. The van der Waals surface area contributed by atoms with Crippen molar-refractivity contribution in [2.75, 3.05) is 24.7 Å². The molecule has 0 fully saturated rings. The summed E-state index contributed by atoms with van der Waals surface area (Å²) in [7, 11) is 0. The second kappa shape index (κ2) is 7.67. The van der Waals surface area contributed by atoms with Crippen molar-refractivity contribution in [1.29, 1.82) is 5.26 Å². The number of carbonyl (C=O) groups is 1. The van der Waals surface area contributed by atoms with Crippen LogP contribution in [-0.4, -0.2) is 29.1 Å². The lowest BCUT2D eigenvalue weighted by atomic mass is 10.1. The van der Waals surface area contributed by atoms with Crippen molar-refractivity contribution in [2.24, 2.45) is 5.73 Å². The highest BCUT2D eigenvalue weighted by Crippen LogP contribution is 2.40. The molecule has 0 radical (unpaired) electrons. The van der Waals surface area contributed by atoms with E-state index in [4.69, 9.17) is 26.7 Å². The fraction of sp³-hybridized carbons (Fsp3) is 0.200. The predicted octanol–water partition coefficient (Wildman–Crippen LogP) is 1.20. The van der Waals surface area contributed by atoms with Crippen LogP contribution in [0.2, 0.25) is 0 Å². The number of anilines is 2. The average molecular weight is 407 g/mol. The highest BCUT2D eigenvalue weighted by Gasteiger charge is 2.19. The molecule has 10 heteroatoms. The zero-order chi connectivity index (χ0) is 18.6. The Kier molecular flexibility index (Phi) is 5.61. The topological polar surface area (TPSA) is 163 Å². The van der Waals surface area contributed by atoms with Gasteiger partial charge in [0.1, 0.15) is 17.5 Å². The van der Waals surface area contributed by atoms with E-state index in [1.807, 2.05) is 6.07 Å². The fourth-order valence-corrected chi connectivity index (χ4v) is 2.56. The number of hydrogen-bond acceptors (Lipinski definition) is 8. The van der Waals surface area contributed by atoms with Crippen LogP contribution in [0.1, 0.15) is 12.5 Å². The summed E-state index contributed by atoms with van der Waals surface area (Å²) in [5.74, 6) is -0.0496. The molecule has 9 nitrogen and oxygen atoms in total. The first-order valence-electron chi connectivity index (χ1n) is 7.08. The molecule has 0 saturated heterocycles. The molecule has 25 heavy (non-hydrogen) atoms. The summed E-state index contributed by atoms with van der Waals surface area (Å²) in [5, 5.41) is 9.34. The van der Waals surface area contributed by atoms with E-state index >= 15 is 0 Å². The lowest BCUT2D eigenvalue weighted by molar-refractivity contribution is -0.119. The molecule has 1 amide bonds. The van der Waals surface area contributed by atoms with E-state index in [1.165, 1.54) is 0 Å². The lowest BCUT2D eigenvalue weighted by Gasteiger charge is -2.15. The monoisotopic (exact) mass is 406 g/mol. The number of primary amides is 1. The van der Waals surface area contributed by atoms with E-state index in [-0.39, 0.29) is 29.6 Å². The van der Waals surface area contributed by atoms with E-state index in [0.29, 0.717) is 28.1 Å². The Bertz CT molecular complexity index is 865. The normalized spacial score (nSPS) is 10.1. The van der Waals surface area contributed by atoms with Crippen LogP contribution in [-0.2, 0) is 4.79 Å². The van der Waals surface area contributed by atoms with Crippen molar-refractivity contribution >= 4 is 33.6 Å². The minimum atomic E-state index is -0.620. The first kappa shape index (κ1) is 18.3. The number of carbonyl (C=O) groups excluding carboxylic acids is 1. The number of nitrogens with zero attached hydrogens (tertiary/aromatic N) is 3. The molecule has 0 aliphatic heterocycles. The van der Waals surface area contributed by atoms with Gasteiger partial charge in [0.05, 0.1) is 12.3 Å². The van der Waals surface area contributed by atoms with Crippen LogP contribution in [0.4, 0.5) is 11.8 Å². The molecule has 0 aliphatic carbocycles. The van der Waals surface area contributed by atoms with Crippen LogP contribution in [0.5, 0.6) is 11.5 Å². The zero-order valence-electron chi connectivity index (χ0n) is 13.2. The lowest BCUT2D eigenvalue weighted by Crippen LogP contribution is -2.20. The Morgan fingerprint density at radius 2 is 1.96 bits per heavy atom. The summed E-state index contributed by atoms with van der Waals surface area (Å²) < 4.78 is 11.4. The number of ether oxygens (including phenoxy) is 2. The van der Waals surface area contributed by atoms with Gasteiger partial charge in [-0.3, -0.25) is 4.79 Å². The van der Waals surface area contributed by atoms with Crippen molar-refractivity contribution in [3.63, 3.8) is 0 Å². The van der Waals surface area contributed by atoms with E-state index in [1.54, 1.807) is 19.1 Å². The van der Waals surface area contributed by atoms with E-state index in [2.05, 4.69) is 25.9 Å². The van der Waals surface area contributed by atoms with Gasteiger partial charge in [-0.2, -0.15) is 10.2 Å². The van der Waals surface area contributed by atoms with Crippen molar-refractivity contribution < 1.29 is 14.3 Å². The predicted molar refractivity (Wildman–Crippen MR) is 94.6 cm³/mol. The maximum Gasteiger partial charge on any atom is 0.255 e. The number of nitrogens with two attached hydrogens (primary N) is 3. The van der Waals surface area contributed by atoms with Gasteiger partial charge in [-0.25, -0.2) is 4.98 Å². The Morgan fingerprint density at radius 3 is 2.56 bits per heavy atom. The highest BCUT2D eigenvalue weighted by molar-refractivity contribution is 9.10. The number of amides is 1. The molecule has 1 heterocycles. The Labute approximate surface area is 151 Å². The molecule has 6 N–H and O–H groups in total. The third-order valence-electron chi connectivity index (χ3n) is 3.02. The molecule has 130 valence electrons. The first-order chi connectivity index (χ1) is 11.9. The molecular formula is C15H15BrN6O3. The van der Waals surface area contributed by atoms with Crippen LogP contribution in [0, 0.1) is 11.3 Å². The number of nitriles is 1. The maximum atomic E-state index is 10.9. The van der Waals surface area contributed by atoms with Gasteiger partial charge in [0, 0.05) is 10.0 Å². The molecule has 0 bridgehead atoms. The number of aromatic nitrogens is 2. The van der Waals surface area contributed by atoms with Gasteiger partial charge in [0.2, 0.25) is 5.95 Å². The quantitative estimate of drug-likeness (QED) is 0.643. The third-order valence-corrected chi connectivity index (χ3v) is 3.68. The second-order valence-corrected chi connectivity index (χ2v) is 5.62. The number of rotatable bonds is 6. The van der Waals surface area contributed by atoms with Gasteiger partial charge < -0.3 is 26.7 Å². The van der Waals surface area contributed by atoms with Crippen LogP contribution < -0.4 is 26.7 Å². The van der Waals surface area contributed by atoms with Crippen LogP contribution >= 0.6 is 15.9 Å². The van der Waals surface area contributed by atoms with Gasteiger partial charge in [0.15, 0.2) is 18.1 Å². The molecule has 2 aromatic rings. The number of benzene rings is 1. The van der Waals surface area contributed by atoms with Crippen molar-refractivity contribution in [3.05, 3.63) is 22.2 Å². The fourth-order valence-electron chi connectivity index (χ4n) is 2.05. The van der Waals surface area contributed by atoms with Crippen LogP contribution in [0.3, 0.4) is 0 Å². The Balaban J connectivity index is 2.62. The third kappa shape index (κ3) is 4.07. The number of halogens is 1. The summed E-state index contributed by atoms with van der Waals surface area (Å²) in [6.07, 6.45) is 0. The van der Waals surface area contributed by atoms with Gasteiger partial charge in [-0.05, 0) is 35.0 Å². The van der Waals surface area contributed by atoms with Crippen molar-refractivity contribution in [1.82, 2.24) is 9.97 Å². The number of hydrogen-bond donors (Lipinski definition) is 3. The molecule has 0 unspecified atom stereocenters. The van der Waals surface area contributed by atoms with E-state index in [9.17, 15) is 10.1 Å². The maximum absolute atomic E-state index is 10.9. The highest BCUT2D eigenvalue weighted by atomic mass is 79.9. The zero-order valence-corrected chi connectivity index (χ0v) is 14.8. The summed E-state index contributed by atoms with van der Waals surface area (Å²) in [6.45, 7) is 1.84. The summed E-state index contributed by atoms with van der Waals surface area (Å²) in [5.41, 5.74) is 17.3. The van der Waals surface area contributed by atoms with Crippen LogP contribution in [0.15, 0.2) is 16.6 Å². The summed E-state index contributed by atoms with van der Waals surface area (Å²) >= 11 is 3.39. The van der Waals surface area contributed by atoms with Crippen molar-refractivity contribution in [2.45, 2.75) is 6.92 Å². The molecule has 1 aromatic heterocycles. The first-order valence-corrected chi connectivity index (χ1v) is 7.87. The van der Waals surface area contributed by atoms with Gasteiger partial charge in [0.25, 0.3) is 5.91 Å². The molecular weight excluding hydrogens is 392 g/mol. The molecule has 0 saturated carbocycles. The number of nitrogen functional groups attached to an aromatic ring is 2. The minimum absolute atomic E-state index is 0.0242. The van der Waals surface area contributed by atoms with Crippen molar-refractivity contribution in [3.8, 4) is 28.8 Å². The van der Waals surface area contributed by atoms with Gasteiger partial charge in [-0.1, -0.05) is 0 Å². The second-order valence-electron chi connectivity index (χ2n) is 4.77. The Morgan fingerprint density at radius 1 is 1.28 bits per heavy atom. The molecule has 0 spiro atoms. The van der Waals surface area contributed by atoms with Crippen LogP contribution in [0.25, 0.3) is 11.3 Å². The van der Waals surface area contributed by atoms with E-state index < -0.39 is 5.91 Å². The molecule has 1 aromatic carbocycles. The van der Waals surface area contributed by atoms with E-state index in [0.717, 1.165) is 0 Å². The summed E-state index contributed by atoms with van der Waals surface area (Å²) in [4.78, 5) is 18.8. The molecule has 0 atom stereocenters. The standard InChI is InChI=1S/C15H15BrN6O3/c1-2-24-10-3-7(9(16)4-11(10)25-6-12(18)23)13-8(5-17)14(19)22-15(20)21-13/h3-4H,2,6H2,1H3,(H2,18,23)(H4,19,20,21,22). The average Bonchev–Trinajstić information content (AvgIpc) is 2.54. The minimum Gasteiger partial charge on any atom is -0.490 e. The summed E-state index contributed by atoms with van der Waals surface area (Å²) in [6, 6.07) is 5.15. The van der Waals surface area contributed by atoms with Gasteiger partial charge in [-0.15, -0.1) is 0 Å².